The zero-order chi connectivity index (χ0) is 14.8. The first kappa shape index (κ1) is 15.9. The minimum Gasteiger partial charge on any atom is -0.469 e. The Morgan fingerprint density at radius 1 is 1.55 bits per heavy atom. The first-order valence-corrected chi connectivity index (χ1v) is 8.48. The zero-order valence-corrected chi connectivity index (χ0v) is 14.2. The number of ether oxygens (including phenoxy) is 1. The number of hydrogen-bond donors (Lipinski definition) is 1. The monoisotopic (exact) mass is 357 g/mol. The van der Waals surface area contributed by atoms with Crippen LogP contribution in [0.25, 0.3) is 0 Å². The van der Waals surface area contributed by atoms with Crippen molar-refractivity contribution in [1.82, 2.24) is 0 Å². The molecule has 110 valence electrons. The largest absolute Gasteiger partial charge is 0.469 e. The van der Waals surface area contributed by atoms with E-state index in [4.69, 9.17) is 10.5 Å². The molecular formula is C15H20BrNO2S. The first-order chi connectivity index (χ1) is 9.46. The second-order valence-corrected chi connectivity index (χ2v) is 7.39. The molecular weight excluding hydrogens is 338 g/mol. The summed E-state index contributed by atoms with van der Waals surface area (Å²) in [4.78, 5) is 12.6. The van der Waals surface area contributed by atoms with E-state index in [2.05, 4.69) is 34.1 Å². The summed E-state index contributed by atoms with van der Waals surface area (Å²) in [6.45, 7) is 1.98. The quantitative estimate of drug-likeness (QED) is 0.619. The fourth-order valence-corrected chi connectivity index (χ4v) is 4.03. The van der Waals surface area contributed by atoms with Crippen molar-refractivity contribution in [3.63, 3.8) is 0 Å². The summed E-state index contributed by atoms with van der Waals surface area (Å²) >= 11 is 5.39. The van der Waals surface area contributed by atoms with Crippen LogP contribution in [0.15, 0.2) is 27.6 Å². The van der Waals surface area contributed by atoms with E-state index in [1.807, 2.05) is 6.92 Å². The standard InChI is InChI=1S/C15H20BrNO2S/c1-10(17)11-3-4-13(12(16)7-11)20-9-15(5-6-15)8-14(18)19-2/h3-4,7,10H,5-6,8-9,17H2,1-2H3. The molecule has 0 aromatic heterocycles. The van der Waals surface area contributed by atoms with Crippen molar-refractivity contribution in [3.05, 3.63) is 28.2 Å². The summed E-state index contributed by atoms with van der Waals surface area (Å²) in [6, 6.07) is 6.28. The first-order valence-electron chi connectivity index (χ1n) is 6.70. The van der Waals surface area contributed by atoms with Crippen molar-refractivity contribution in [2.24, 2.45) is 11.1 Å². The van der Waals surface area contributed by atoms with Gasteiger partial charge in [0.25, 0.3) is 0 Å². The average Bonchev–Trinajstić information content (AvgIpc) is 3.17. The molecule has 1 atom stereocenters. The van der Waals surface area contributed by atoms with Gasteiger partial charge in [-0.05, 0) is 58.8 Å². The van der Waals surface area contributed by atoms with Crippen LogP contribution in [0.2, 0.25) is 0 Å². The molecule has 0 amide bonds. The van der Waals surface area contributed by atoms with E-state index in [1.165, 1.54) is 12.0 Å². The second-order valence-electron chi connectivity index (χ2n) is 5.52. The van der Waals surface area contributed by atoms with Gasteiger partial charge in [-0.3, -0.25) is 4.79 Å². The number of methoxy groups -OCH3 is 1. The van der Waals surface area contributed by atoms with Crippen LogP contribution in [0.1, 0.15) is 37.8 Å². The van der Waals surface area contributed by atoms with Crippen molar-refractivity contribution in [2.75, 3.05) is 12.9 Å². The molecule has 1 fully saturated rings. The summed E-state index contributed by atoms with van der Waals surface area (Å²) in [5.41, 5.74) is 7.15. The molecule has 1 aliphatic carbocycles. The van der Waals surface area contributed by atoms with Crippen molar-refractivity contribution >= 4 is 33.7 Å². The third-order valence-corrected chi connectivity index (χ3v) is 6.06. The molecule has 1 unspecified atom stereocenters. The van der Waals surface area contributed by atoms with Crippen molar-refractivity contribution < 1.29 is 9.53 Å². The maximum Gasteiger partial charge on any atom is 0.306 e. The molecule has 1 aliphatic rings. The molecule has 1 saturated carbocycles. The summed E-state index contributed by atoms with van der Waals surface area (Å²) in [5, 5.41) is 0. The highest BCUT2D eigenvalue weighted by molar-refractivity contribution is 9.10. The normalized spacial score (nSPS) is 17.6. The molecule has 0 heterocycles. The van der Waals surface area contributed by atoms with Gasteiger partial charge in [-0.1, -0.05) is 6.07 Å². The number of halogens is 1. The third-order valence-electron chi connectivity index (χ3n) is 3.72. The van der Waals surface area contributed by atoms with Crippen molar-refractivity contribution in [1.29, 1.82) is 0 Å². The number of hydrogen-bond acceptors (Lipinski definition) is 4. The van der Waals surface area contributed by atoms with Gasteiger partial charge >= 0.3 is 5.97 Å². The average molecular weight is 358 g/mol. The van der Waals surface area contributed by atoms with Gasteiger partial charge in [-0.25, -0.2) is 0 Å². The molecule has 3 nitrogen and oxygen atoms in total. The van der Waals surface area contributed by atoms with Crippen LogP contribution < -0.4 is 5.73 Å². The van der Waals surface area contributed by atoms with Gasteiger partial charge in [0.05, 0.1) is 13.5 Å². The predicted octanol–water partition coefficient (Wildman–Crippen LogP) is 3.90. The zero-order valence-electron chi connectivity index (χ0n) is 11.8. The van der Waals surface area contributed by atoms with Gasteiger partial charge in [0.1, 0.15) is 0 Å². The molecule has 0 aliphatic heterocycles. The Bertz CT molecular complexity index is 501. The van der Waals surface area contributed by atoms with Crippen LogP contribution in [0, 0.1) is 5.41 Å². The molecule has 5 heteroatoms. The number of esters is 1. The molecule has 2 rings (SSSR count). The Balaban J connectivity index is 1.96. The molecule has 0 radical (unpaired) electrons. The third kappa shape index (κ3) is 3.99. The van der Waals surface area contributed by atoms with Crippen molar-refractivity contribution in [2.45, 2.75) is 37.1 Å². The van der Waals surface area contributed by atoms with E-state index < -0.39 is 0 Å². The lowest BCUT2D eigenvalue weighted by Crippen LogP contribution is -2.13. The summed E-state index contributed by atoms with van der Waals surface area (Å²) in [5.74, 6) is 0.854. The van der Waals surface area contributed by atoms with E-state index in [1.54, 1.807) is 11.8 Å². The number of nitrogens with two attached hydrogens (primary N) is 1. The van der Waals surface area contributed by atoms with Gasteiger partial charge < -0.3 is 10.5 Å². The fourth-order valence-electron chi connectivity index (χ4n) is 2.08. The van der Waals surface area contributed by atoms with Gasteiger partial charge in [-0.15, -0.1) is 11.8 Å². The van der Waals surface area contributed by atoms with Crippen LogP contribution in [0.5, 0.6) is 0 Å². The Labute approximate surface area is 132 Å². The minimum atomic E-state index is -0.102. The highest BCUT2D eigenvalue weighted by Gasteiger charge is 2.44. The van der Waals surface area contributed by atoms with E-state index in [0.717, 1.165) is 28.6 Å². The van der Waals surface area contributed by atoms with E-state index >= 15 is 0 Å². The van der Waals surface area contributed by atoms with Crippen LogP contribution in [-0.4, -0.2) is 18.8 Å². The van der Waals surface area contributed by atoms with Crippen molar-refractivity contribution in [3.8, 4) is 0 Å². The summed E-state index contributed by atoms with van der Waals surface area (Å²) < 4.78 is 5.85. The molecule has 2 N–H and O–H groups in total. The maximum atomic E-state index is 11.4. The number of thioether (sulfide) groups is 1. The van der Waals surface area contributed by atoms with Gasteiger partial charge in [0.15, 0.2) is 0 Å². The number of carbonyl (C=O) groups is 1. The summed E-state index contributed by atoms with van der Waals surface area (Å²) in [7, 11) is 1.45. The molecule has 0 spiro atoms. The van der Waals surface area contributed by atoms with Gasteiger partial charge in [0.2, 0.25) is 0 Å². The minimum absolute atomic E-state index is 0.0412. The SMILES string of the molecule is COC(=O)CC1(CSc2ccc(C(C)N)cc2Br)CC1. The number of benzene rings is 1. The van der Waals surface area contributed by atoms with Crippen LogP contribution in [0.3, 0.4) is 0 Å². The highest BCUT2D eigenvalue weighted by atomic mass is 79.9. The predicted molar refractivity (Wildman–Crippen MR) is 85.8 cm³/mol. The highest BCUT2D eigenvalue weighted by Crippen LogP contribution is 2.52. The van der Waals surface area contributed by atoms with Crippen LogP contribution in [0.4, 0.5) is 0 Å². The topological polar surface area (TPSA) is 52.3 Å². The maximum absolute atomic E-state index is 11.4. The number of rotatable bonds is 6. The van der Waals surface area contributed by atoms with E-state index in [-0.39, 0.29) is 17.4 Å². The van der Waals surface area contributed by atoms with E-state index in [9.17, 15) is 4.79 Å². The lowest BCUT2D eigenvalue weighted by Gasteiger charge is -2.14. The smallest absolute Gasteiger partial charge is 0.306 e. The Hall–Kier alpha value is -0.520. The Morgan fingerprint density at radius 3 is 2.75 bits per heavy atom. The molecule has 0 bridgehead atoms. The van der Waals surface area contributed by atoms with Crippen LogP contribution in [-0.2, 0) is 9.53 Å². The molecule has 1 aromatic rings. The molecule has 0 saturated heterocycles. The lowest BCUT2D eigenvalue weighted by atomic mass is 10.1. The fraction of sp³-hybridized carbons (Fsp3) is 0.533. The van der Waals surface area contributed by atoms with Crippen LogP contribution >= 0.6 is 27.7 Å². The number of carbonyl (C=O) groups excluding carboxylic acids is 1. The molecule has 1 aromatic carbocycles. The second kappa shape index (κ2) is 6.50. The van der Waals surface area contributed by atoms with E-state index in [0.29, 0.717) is 6.42 Å². The molecule has 20 heavy (non-hydrogen) atoms. The van der Waals surface area contributed by atoms with Gasteiger partial charge in [-0.2, -0.15) is 0 Å². The Kier molecular flexibility index (Phi) is 5.15. The Morgan fingerprint density at radius 2 is 2.25 bits per heavy atom. The summed E-state index contributed by atoms with van der Waals surface area (Å²) in [6.07, 6.45) is 2.77. The van der Waals surface area contributed by atoms with Gasteiger partial charge in [0, 0.05) is 21.2 Å². The lowest BCUT2D eigenvalue weighted by molar-refractivity contribution is -0.141.